The SMILES string of the molecule is C[Si](C)(C)[P+]1([Si](C)(C)C)[B-][P+]([Si](C)(C)C)([Si](C)(C)C)[B-][P+]([Si](C)(C)C)([Si](C)(C)C)[B-]1. The quantitative estimate of drug-likeness (QED) is 0.223. The number of hydrogen-bond acceptors (Lipinski definition) is 0. The van der Waals surface area contributed by atoms with Gasteiger partial charge in [-0.05, 0) is 118 Å². The molecule has 174 valence electrons. The molecule has 0 N–H and O–H groups in total. The Morgan fingerprint density at radius 2 is 0.367 bits per heavy atom. The van der Waals surface area contributed by atoms with E-state index in [1.165, 1.54) is 0 Å². The highest BCUT2D eigenvalue weighted by Gasteiger charge is 2.62. The van der Waals surface area contributed by atoms with Crippen LogP contribution in [0, 0.1) is 0 Å². The number of rotatable bonds is 6. The lowest BCUT2D eigenvalue weighted by molar-refractivity contribution is 1.83. The lowest BCUT2D eigenvalue weighted by Crippen LogP contribution is -2.62. The van der Waals surface area contributed by atoms with Crippen molar-refractivity contribution in [2.45, 2.75) is 118 Å². The van der Waals surface area contributed by atoms with E-state index in [2.05, 4.69) is 138 Å². The van der Waals surface area contributed by atoms with Gasteiger partial charge in [-0.3, -0.25) is 0 Å². The first-order chi connectivity index (χ1) is 12.6. The van der Waals surface area contributed by atoms with Gasteiger partial charge in [0.1, 0.15) is 46.4 Å². The van der Waals surface area contributed by atoms with Crippen LogP contribution in [0.15, 0.2) is 0 Å². The van der Waals surface area contributed by atoms with Gasteiger partial charge in [0.05, 0.1) is 0 Å². The van der Waals surface area contributed by atoms with Gasteiger partial charge in [0, 0.05) is 20.2 Å². The van der Waals surface area contributed by atoms with Gasteiger partial charge < -0.3 is 18.3 Å². The van der Waals surface area contributed by atoms with Gasteiger partial charge in [0.2, 0.25) is 0 Å². The van der Waals surface area contributed by atoms with Crippen LogP contribution in [0.2, 0.25) is 118 Å². The maximum absolute atomic E-state index is 3.36. The molecule has 6 radical (unpaired) electrons. The molecule has 0 aromatic rings. The van der Waals surface area contributed by atoms with Crippen molar-refractivity contribution in [2.24, 2.45) is 0 Å². The summed E-state index contributed by atoms with van der Waals surface area (Å²) < 4.78 is 0. The third kappa shape index (κ3) is 4.88. The average Bonchev–Trinajstić information content (AvgIpc) is 2.39. The van der Waals surface area contributed by atoms with Crippen molar-refractivity contribution >= 4 is 84.9 Å². The first kappa shape index (κ1) is 30.8. The summed E-state index contributed by atoms with van der Waals surface area (Å²) in [6.45, 7) is 60.1. The minimum atomic E-state index is -1.35. The Morgan fingerprint density at radius 3 is 0.433 bits per heavy atom. The molecule has 0 unspecified atom stereocenters. The van der Waals surface area contributed by atoms with E-state index in [-0.39, 0.29) is 0 Å². The monoisotopic (exact) mass is 564 g/mol. The van der Waals surface area contributed by atoms with Crippen LogP contribution in [0.5, 0.6) is 0 Å². The van der Waals surface area contributed by atoms with Crippen molar-refractivity contribution in [3.05, 3.63) is 0 Å². The van der Waals surface area contributed by atoms with E-state index in [9.17, 15) is 0 Å². The zero-order valence-corrected chi connectivity index (χ0v) is 32.8. The fourth-order valence-electron chi connectivity index (χ4n) is 6.05. The molecule has 0 nitrogen and oxygen atoms in total. The maximum Gasteiger partial charge on any atom is 0.122 e. The Labute approximate surface area is 201 Å². The Balaban J connectivity index is 4.28. The summed E-state index contributed by atoms with van der Waals surface area (Å²) in [4.78, 5) is 0. The fourth-order valence-corrected chi connectivity index (χ4v) is 180. The van der Waals surface area contributed by atoms with Crippen molar-refractivity contribution in [3.63, 3.8) is 0 Å². The third-order valence-corrected chi connectivity index (χ3v) is 118. The minimum Gasteiger partial charge on any atom is -0.430 e. The van der Waals surface area contributed by atoms with Crippen LogP contribution >= 0.6 is 18.3 Å². The molecule has 1 aliphatic heterocycles. The van der Waals surface area contributed by atoms with E-state index in [4.69, 9.17) is 0 Å². The molecule has 0 saturated carbocycles. The van der Waals surface area contributed by atoms with Gasteiger partial charge in [0.15, 0.2) is 0 Å². The smallest absolute Gasteiger partial charge is 0.122 e. The van der Waals surface area contributed by atoms with E-state index in [0.717, 1.165) is 0 Å². The van der Waals surface area contributed by atoms with E-state index in [0.29, 0.717) is 0 Å². The Morgan fingerprint density at radius 1 is 0.267 bits per heavy atom. The van der Waals surface area contributed by atoms with Crippen LogP contribution in [0.4, 0.5) is 0 Å². The van der Waals surface area contributed by atoms with Crippen molar-refractivity contribution in [2.75, 3.05) is 0 Å². The second-order valence-corrected chi connectivity index (χ2v) is 90.7. The summed E-state index contributed by atoms with van der Waals surface area (Å²) >= 11 is 0. The predicted molar refractivity (Wildman–Crippen MR) is 178 cm³/mol. The van der Waals surface area contributed by atoms with Gasteiger partial charge in [-0.25, -0.2) is 0 Å². The lowest BCUT2D eigenvalue weighted by atomic mass is 10.6. The van der Waals surface area contributed by atoms with Gasteiger partial charge in [0.25, 0.3) is 0 Å². The first-order valence-electron chi connectivity index (χ1n) is 11.9. The summed E-state index contributed by atoms with van der Waals surface area (Å²) in [7, 11) is -8.09. The molecule has 1 rings (SSSR count). The average molecular weight is 565 g/mol. The highest BCUT2D eigenvalue weighted by Crippen LogP contribution is 2.97. The van der Waals surface area contributed by atoms with Crippen LogP contribution in [0.1, 0.15) is 0 Å². The van der Waals surface area contributed by atoms with Crippen LogP contribution in [-0.2, 0) is 0 Å². The standard InChI is InChI=1S/C18H54B3P3Si6/c1-25(2,3)22(26(4,5)6)19-23(27(7,8)9,28(10,11)12)21-24(20-22,29(13,14)15)30(16,17)18/h1-18H3. The van der Waals surface area contributed by atoms with Gasteiger partial charge in [-0.15, -0.1) is 0 Å². The summed E-state index contributed by atoms with van der Waals surface area (Å²) in [6, 6.07) is 0. The molecule has 0 amide bonds. The zero-order chi connectivity index (χ0) is 24.6. The van der Waals surface area contributed by atoms with Crippen LogP contribution in [0.3, 0.4) is 0 Å². The Bertz CT molecular complexity index is 505. The largest absolute Gasteiger partial charge is 0.430 e. The Kier molecular flexibility index (Phi) is 8.66. The van der Waals surface area contributed by atoms with Crippen LogP contribution < -0.4 is 0 Å². The van der Waals surface area contributed by atoms with Crippen molar-refractivity contribution in [3.8, 4) is 0 Å². The summed E-state index contributed by atoms with van der Waals surface area (Å²) in [6.07, 6.45) is -3.46. The highest BCUT2D eigenvalue weighted by molar-refractivity contribution is 8.93. The van der Waals surface area contributed by atoms with E-state index in [1.54, 1.807) is 0 Å². The van der Waals surface area contributed by atoms with E-state index in [1.807, 2.05) is 0 Å². The molecular weight excluding hydrogens is 510 g/mol. The fraction of sp³-hybridized carbons (Fsp3) is 1.00. The normalized spacial score (nSPS) is 23.4. The van der Waals surface area contributed by atoms with Gasteiger partial charge in [-0.1, -0.05) is 0 Å². The third-order valence-electron chi connectivity index (χ3n) is 7.75. The van der Waals surface area contributed by atoms with E-state index < -0.39 is 64.8 Å². The van der Waals surface area contributed by atoms with Crippen molar-refractivity contribution < 1.29 is 0 Å². The molecule has 1 saturated heterocycles. The highest BCUT2D eigenvalue weighted by atomic mass is 31.7. The second kappa shape index (κ2) is 8.43. The predicted octanol–water partition coefficient (Wildman–Crippen LogP) is 9.66. The lowest BCUT2D eigenvalue weighted by Gasteiger charge is -2.86. The topological polar surface area (TPSA) is 0 Å². The molecular formula is C18H54B3P3Si6. The molecule has 1 aliphatic rings. The van der Waals surface area contributed by atoms with Crippen molar-refractivity contribution in [1.82, 2.24) is 0 Å². The molecule has 0 aromatic carbocycles. The summed E-state index contributed by atoms with van der Waals surface area (Å²) in [5, 5.41) is 0. The van der Waals surface area contributed by atoms with Crippen molar-refractivity contribution in [1.29, 1.82) is 0 Å². The second-order valence-electron chi connectivity index (χ2n) is 15.7. The molecule has 1 fully saturated rings. The molecule has 0 spiro atoms. The van der Waals surface area contributed by atoms with Crippen LogP contribution in [-0.4, -0.2) is 66.6 Å². The van der Waals surface area contributed by atoms with Crippen LogP contribution in [0.25, 0.3) is 0 Å². The summed E-state index contributed by atoms with van der Waals surface area (Å²) in [5.41, 5.74) is 0. The first-order valence-corrected chi connectivity index (χ1v) is 43.7. The molecule has 1 heterocycles. The maximum atomic E-state index is 3.36. The Hall–Kier alpha value is 2.79. The van der Waals surface area contributed by atoms with E-state index >= 15 is 0 Å². The molecule has 30 heavy (non-hydrogen) atoms. The number of hydrogen-bond donors (Lipinski definition) is 0. The zero-order valence-electron chi connectivity index (χ0n) is 24.1. The molecule has 0 aliphatic carbocycles. The summed E-state index contributed by atoms with van der Waals surface area (Å²) in [5.74, 6) is 0. The van der Waals surface area contributed by atoms with Gasteiger partial charge >= 0.3 is 0 Å². The molecule has 0 atom stereocenters. The molecule has 12 heteroatoms. The van der Waals surface area contributed by atoms with Gasteiger partial charge in [-0.2, -0.15) is 0 Å². The molecule has 0 bridgehead atoms. The minimum absolute atomic E-state index is 1.15. The molecule has 0 aromatic heterocycles.